The zero-order chi connectivity index (χ0) is 12.6. The molecule has 1 aromatic heterocycles. The van der Waals surface area contributed by atoms with E-state index in [0.717, 1.165) is 12.3 Å². The van der Waals surface area contributed by atoms with Crippen LogP contribution in [0.2, 0.25) is 5.02 Å². The maximum Gasteiger partial charge on any atom is 0.139 e. The number of hydrogen-bond donors (Lipinski definition) is 1. The summed E-state index contributed by atoms with van der Waals surface area (Å²) < 4.78 is 5.60. The van der Waals surface area contributed by atoms with Crippen molar-refractivity contribution in [3.05, 3.63) is 23.5 Å². The zero-order valence-corrected chi connectivity index (χ0v) is 11.5. The van der Waals surface area contributed by atoms with Gasteiger partial charge < -0.3 is 10.1 Å². The molecule has 1 aliphatic carbocycles. The predicted octanol–water partition coefficient (Wildman–Crippen LogP) is 3.43. The van der Waals surface area contributed by atoms with Crippen molar-refractivity contribution in [3.8, 4) is 5.75 Å². The molecule has 1 aromatic rings. The van der Waals surface area contributed by atoms with Crippen molar-refractivity contribution in [2.45, 2.75) is 44.6 Å². The maximum absolute atomic E-state index is 5.84. The summed E-state index contributed by atoms with van der Waals surface area (Å²) in [6.07, 6.45) is 11.4. The summed E-state index contributed by atoms with van der Waals surface area (Å²) in [7, 11) is 0. The second-order valence-electron chi connectivity index (χ2n) is 4.83. The van der Waals surface area contributed by atoms with Crippen molar-refractivity contribution < 1.29 is 4.74 Å². The van der Waals surface area contributed by atoms with Crippen LogP contribution in [0.25, 0.3) is 0 Å². The summed E-state index contributed by atoms with van der Waals surface area (Å²) in [6, 6.07) is 2.47. The molecule has 100 valence electrons. The number of aromatic nitrogens is 1. The Balaban J connectivity index is 1.63. The van der Waals surface area contributed by atoms with Crippen molar-refractivity contribution in [3.63, 3.8) is 0 Å². The molecule has 18 heavy (non-hydrogen) atoms. The fraction of sp³-hybridized carbons (Fsp3) is 0.643. The molecule has 0 bridgehead atoms. The molecule has 0 unspecified atom stereocenters. The van der Waals surface area contributed by atoms with Gasteiger partial charge in [0, 0.05) is 24.8 Å². The highest BCUT2D eigenvalue weighted by atomic mass is 35.5. The van der Waals surface area contributed by atoms with Gasteiger partial charge in [0.15, 0.2) is 0 Å². The highest BCUT2D eigenvalue weighted by molar-refractivity contribution is 6.30. The van der Waals surface area contributed by atoms with E-state index in [1.165, 1.54) is 38.5 Å². The van der Waals surface area contributed by atoms with Crippen molar-refractivity contribution in [2.24, 2.45) is 0 Å². The molecule has 3 nitrogen and oxygen atoms in total. The van der Waals surface area contributed by atoms with Gasteiger partial charge in [0.1, 0.15) is 12.4 Å². The molecule has 0 radical (unpaired) electrons. The lowest BCUT2D eigenvalue weighted by atomic mass is 10.1. The Hall–Kier alpha value is -0.800. The Morgan fingerprint density at radius 3 is 2.72 bits per heavy atom. The van der Waals surface area contributed by atoms with Crippen molar-refractivity contribution in [1.29, 1.82) is 0 Å². The quantitative estimate of drug-likeness (QED) is 0.656. The third-order valence-corrected chi connectivity index (χ3v) is 3.55. The van der Waals surface area contributed by atoms with E-state index >= 15 is 0 Å². The first-order valence-electron chi connectivity index (χ1n) is 6.81. The summed E-state index contributed by atoms with van der Waals surface area (Å²) >= 11 is 5.84. The van der Waals surface area contributed by atoms with E-state index in [4.69, 9.17) is 16.3 Å². The zero-order valence-electron chi connectivity index (χ0n) is 10.7. The third-order valence-electron chi connectivity index (χ3n) is 3.34. The molecule has 0 amide bonds. The van der Waals surface area contributed by atoms with E-state index in [0.29, 0.717) is 17.7 Å². The average Bonchev–Trinajstić information content (AvgIpc) is 2.63. The summed E-state index contributed by atoms with van der Waals surface area (Å²) in [6.45, 7) is 1.55. The lowest BCUT2D eigenvalue weighted by Crippen LogP contribution is -2.32. The Morgan fingerprint density at radius 1 is 1.22 bits per heavy atom. The van der Waals surface area contributed by atoms with Crippen molar-refractivity contribution in [2.75, 3.05) is 13.2 Å². The number of hydrogen-bond acceptors (Lipinski definition) is 3. The van der Waals surface area contributed by atoms with Gasteiger partial charge in [0.2, 0.25) is 0 Å². The van der Waals surface area contributed by atoms with Crippen LogP contribution in [0.1, 0.15) is 38.5 Å². The smallest absolute Gasteiger partial charge is 0.139 e. The fourth-order valence-corrected chi connectivity index (χ4v) is 2.55. The predicted molar refractivity (Wildman–Crippen MR) is 74.2 cm³/mol. The Kier molecular flexibility index (Phi) is 5.75. The molecule has 0 saturated heterocycles. The summed E-state index contributed by atoms with van der Waals surface area (Å²) in [5.74, 6) is 0.741. The normalized spacial score (nSPS) is 17.4. The molecule has 1 heterocycles. The van der Waals surface area contributed by atoms with Crippen LogP contribution in [-0.2, 0) is 0 Å². The molecular weight excluding hydrogens is 248 g/mol. The van der Waals surface area contributed by atoms with Gasteiger partial charge in [-0.15, -0.1) is 0 Å². The monoisotopic (exact) mass is 268 g/mol. The van der Waals surface area contributed by atoms with Crippen LogP contribution in [0, 0.1) is 0 Å². The van der Waals surface area contributed by atoms with E-state index in [-0.39, 0.29) is 0 Å². The second-order valence-corrected chi connectivity index (χ2v) is 5.27. The van der Waals surface area contributed by atoms with Gasteiger partial charge in [0.05, 0.1) is 11.2 Å². The SMILES string of the molecule is Clc1cncc(OCCNC2CCCCCC2)c1. The molecule has 0 atom stereocenters. The molecule has 1 N–H and O–H groups in total. The number of nitrogens with zero attached hydrogens (tertiary/aromatic N) is 1. The van der Waals surface area contributed by atoms with Gasteiger partial charge in [-0.2, -0.15) is 0 Å². The Morgan fingerprint density at radius 2 is 2.00 bits per heavy atom. The van der Waals surface area contributed by atoms with E-state index in [9.17, 15) is 0 Å². The van der Waals surface area contributed by atoms with Crippen LogP contribution < -0.4 is 10.1 Å². The minimum absolute atomic E-state index is 0.615. The molecule has 4 heteroatoms. The summed E-state index contributed by atoms with van der Waals surface area (Å²) in [5, 5.41) is 4.18. The first-order chi connectivity index (χ1) is 8.84. The largest absolute Gasteiger partial charge is 0.491 e. The van der Waals surface area contributed by atoms with Crippen LogP contribution in [-0.4, -0.2) is 24.2 Å². The number of rotatable bonds is 5. The van der Waals surface area contributed by atoms with Gasteiger partial charge in [-0.05, 0) is 12.8 Å². The van der Waals surface area contributed by atoms with Crippen LogP contribution in [0.3, 0.4) is 0 Å². The molecule has 2 rings (SSSR count). The van der Waals surface area contributed by atoms with Crippen LogP contribution in [0.5, 0.6) is 5.75 Å². The van der Waals surface area contributed by atoms with E-state index < -0.39 is 0 Å². The van der Waals surface area contributed by atoms with E-state index in [2.05, 4.69) is 10.3 Å². The van der Waals surface area contributed by atoms with Crippen molar-refractivity contribution in [1.82, 2.24) is 10.3 Å². The number of halogens is 1. The van der Waals surface area contributed by atoms with Gasteiger partial charge in [0.25, 0.3) is 0 Å². The number of pyridine rings is 1. The van der Waals surface area contributed by atoms with E-state index in [1.54, 1.807) is 18.5 Å². The molecule has 1 fully saturated rings. The minimum atomic E-state index is 0.615. The molecule has 0 aromatic carbocycles. The number of nitrogens with one attached hydrogen (secondary N) is 1. The van der Waals surface area contributed by atoms with Gasteiger partial charge >= 0.3 is 0 Å². The van der Waals surface area contributed by atoms with Gasteiger partial charge in [-0.1, -0.05) is 37.3 Å². The Labute approximate surface area is 114 Å². The van der Waals surface area contributed by atoms with E-state index in [1.807, 2.05) is 0 Å². The second kappa shape index (κ2) is 7.59. The minimum Gasteiger partial charge on any atom is -0.491 e. The average molecular weight is 269 g/mol. The van der Waals surface area contributed by atoms with Gasteiger partial charge in [-0.25, -0.2) is 0 Å². The first-order valence-corrected chi connectivity index (χ1v) is 7.19. The van der Waals surface area contributed by atoms with Gasteiger partial charge in [-0.3, -0.25) is 4.98 Å². The molecule has 0 spiro atoms. The highest BCUT2D eigenvalue weighted by Gasteiger charge is 2.10. The van der Waals surface area contributed by atoms with Crippen LogP contribution in [0.15, 0.2) is 18.5 Å². The molecule has 0 aliphatic heterocycles. The Bertz CT molecular complexity index is 351. The number of ether oxygens (including phenoxy) is 1. The highest BCUT2D eigenvalue weighted by Crippen LogP contribution is 2.17. The summed E-state index contributed by atoms with van der Waals surface area (Å²) in [5.41, 5.74) is 0. The lowest BCUT2D eigenvalue weighted by molar-refractivity contribution is 0.299. The van der Waals surface area contributed by atoms with Crippen molar-refractivity contribution >= 4 is 11.6 Å². The third kappa shape index (κ3) is 4.83. The molecule has 1 saturated carbocycles. The summed E-state index contributed by atoms with van der Waals surface area (Å²) in [4.78, 5) is 3.99. The van der Waals surface area contributed by atoms with Crippen LogP contribution in [0.4, 0.5) is 0 Å². The maximum atomic E-state index is 5.84. The fourth-order valence-electron chi connectivity index (χ4n) is 2.39. The standard InChI is InChI=1S/C14H21ClN2O/c15-12-9-14(11-16-10-12)18-8-7-17-13-5-3-1-2-4-6-13/h9-11,13,17H,1-8H2. The first kappa shape index (κ1) is 13.6. The van der Waals surface area contributed by atoms with Crippen LogP contribution >= 0.6 is 11.6 Å². The molecule has 1 aliphatic rings. The molecular formula is C14H21ClN2O. The lowest BCUT2D eigenvalue weighted by Gasteiger charge is -2.16. The topological polar surface area (TPSA) is 34.1 Å².